The number of methoxy groups -OCH3 is 1. The highest BCUT2D eigenvalue weighted by Gasteiger charge is 2.15. The fourth-order valence-corrected chi connectivity index (χ4v) is 1.15. The van der Waals surface area contributed by atoms with Gasteiger partial charge in [-0.3, -0.25) is 0 Å². The van der Waals surface area contributed by atoms with Crippen molar-refractivity contribution in [3.05, 3.63) is 0 Å². The molecule has 0 heterocycles. The second-order valence-electron chi connectivity index (χ2n) is 4.53. The van der Waals surface area contributed by atoms with Crippen LogP contribution in [-0.4, -0.2) is 37.1 Å². The molecule has 0 aliphatic heterocycles. The zero-order valence-electron chi connectivity index (χ0n) is 10.6. The Balaban J connectivity index is 3.25. The molecule has 0 aromatic heterocycles. The minimum atomic E-state index is -0.163. The van der Waals surface area contributed by atoms with Crippen molar-refractivity contribution < 1.29 is 14.6 Å². The van der Waals surface area contributed by atoms with E-state index >= 15 is 0 Å². The van der Waals surface area contributed by atoms with E-state index in [1.807, 2.05) is 6.92 Å². The fraction of sp³-hybridized carbons (Fsp3) is 1.00. The van der Waals surface area contributed by atoms with Gasteiger partial charge in [-0.15, -0.1) is 0 Å². The van der Waals surface area contributed by atoms with Gasteiger partial charge in [0.15, 0.2) is 0 Å². The molecule has 3 nitrogen and oxygen atoms in total. The van der Waals surface area contributed by atoms with Crippen LogP contribution in [0, 0.1) is 0 Å². The topological polar surface area (TPSA) is 38.7 Å². The fourth-order valence-electron chi connectivity index (χ4n) is 1.15. The van der Waals surface area contributed by atoms with Crippen LogP contribution >= 0.6 is 0 Å². The molecule has 0 aromatic carbocycles. The average Bonchev–Trinajstić information content (AvgIpc) is 2.22. The molecule has 0 radical (unpaired) electrons. The number of aliphatic hydroxyl groups excluding tert-OH is 1. The summed E-state index contributed by atoms with van der Waals surface area (Å²) in [6.45, 7) is 7.56. The summed E-state index contributed by atoms with van der Waals surface area (Å²) in [4.78, 5) is 0. The van der Waals surface area contributed by atoms with Gasteiger partial charge in [-0.1, -0.05) is 6.92 Å². The van der Waals surface area contributed by atoms with Crippen molar-refractivity contribution in [2.75, 3.05) is 20.3 Å². The molecule has 1 N–H and O–H groups in total. The van der Waals surface area contributed by atoms with E-state index in [9.17, 15) is 5.11 Å². The van der Waals surface area contributed by atoms with E-state index in [-0.39, 0.29) is 11.7 Å². The molecule has 0 aliphatic carbocycles. The van der Waals surface area contributed by atoms with Crippen molar-refractivity contribution >= 4 is 0 Å². The van der Waals surface area contributed by atoms with Crippen LogP contribution in [0.4, 0.5) is 0 Å². The summed E-state index contributed by atoms with van der Waals surface area (Å²) in [5.74, 6) is 0. The highest BCUT2D eigenvalue weighted by Crippen LogP contribution is 2.12. The van der Waals surface area contributed by atoms with Gasteiger partial charge in [0.2, 0.25) is 0 Å². The molecule has 3 heteroatoms. The first-order valence-corrected chi connectivity index (χ1v) is 5.83. The molecular weight excluding hydrogens is 192 g/mol. The minimum Gasteiger partial charge on any atom is -0.393 e. The van der Waals surface area contributed by atoms with Crippen LogP contribution in [0.5, 0.6) is 0 Å². The molecule has 0 aromatic rings. The summed E-state index contributed by atoms with van der Waals surface area (Å²) >= 11 is 0. The summed E-state index contributed by atoms with van der Waals surface area (Å²) < 4.78 is 10.8. The maximum Gasteiger partial charge on any atom is 0.0644 e. The van der Waals surface area contributed by atoms with Gasteiger partial charge in [0.1, 0.15) is 0 Å². The number of rotatable bonds is 9. The van der Waals surface area contributed by atoms with Gasteiger partial charge in [-0.25, -0.2) is 0 Å². The first-order valence-electron chi connectivity index (χ1n) is 5.83. The Hall–Kier alpha value is -0.120. The third-order valence-electron chi connectivity index (χ3n) is 2.70. The first-order chi connectivity index (χ1) is 7.02. The zero-order valence-corrected chi connectivity index (χ0v) is 10.6. The van der Waals surface area contributed by atoms with Crippen molar-refractivity contribution in [2.45, 2.75) is 58.2 Å². The molecule has 0 amide bonds. The second kappa shape index (κ2) is 8.08. The van der Waals surface area contributed by atoms with Crippen LogP contribution < -0.4 is 0 Å². The number of ether oxygens (including phenoxy) is 2. The van der Waals surface area contributed by atoms with Gasteiger partial charge in [0.05, 0.1) is 11.7 Å². The van der Waals surface area contributed by atoms with Gasteiger partial charge in [0, 0.05) is 20.3 Å². The van der Waals surface area contributed by atoms with Crippen LogP contribution in [0.2, 0.25) is 0 Å². The number of hydrogen-bond donors (Lipinski definition) is 1. The first kappa shape index (κ1) is 14.9. The van der Waals surface area contributed by atoms with Crippen LogP contribution in [0.3, 0.4) is 0 Å². The summed E-state index contributed by atoms with van der Waals surface area (Å²) in [5.41, 5.74) is -0.0943. The van der Waals surface area contributed by atoms with E-state index in [2.05, 4.69) is 13.8 Å². The van der Waals surface area contributed by atoms with Gasteiger partial charge >= 0.3 is 0 Å². The zero-order chi connectivity index (χ0) is 11.7. The SMILES string of the molecule is CCC(O)CCCOCCC(C)(C)OC. The lowest BCUT2D eigenvalue weighted by Crippen LogP contribution is -2.24. The van der Waals surface area contributed by atoms with E-state index in [1.54, 1.807) is 7.11 Å². The van der Waals surface area contributed by atoms with Gasteiger partial charge in [0.25, 0.3) is 0 Å². The Kier molecular flexibility index (Phi) is 8.02. The summed E-state index contributed by atoms with van der Waals surface area (Å²) in [7, 11) is 1.72. The molecule has 0 aliphatic rings. The van der Waals surface area contributed by atoms with Crippen LogP contribution in [0.15, 0.2) is 0 Å². The van der Waals surface area contributed by atoms with Gasteiger partial charge < -0.3 is 14.6 Å². The third-order valence-corrected chi connectivity index (χ3v) is 2.70. The lowest BCUT2D eigenvalue weighted by atomic mass is 10.1. The maximum absolute atomic E-state index is 9.31. The van der Waals surface area contributed by atoms with E-state index in [0.29, 0.717) is 0 Å². The van der Waals surface area contributed by atoms with Crippen molar-refractivity contribution in [1.29, 1.82) is 0 Å². The molecule has 15 heavy (non-hydrogen) atoms. The van der Waals surface area contributed by atoms with Crippen molar-refractivity contribution in [3.63, 3.8) is 0 Å². The van der Waals surface area contributed by atoms with Gasteiger partial charge in [-0.2, -0.15) is 0 Å². The smallest absolute Gasteiger partial charge is 0.0644 e. The molecule has 1 unspecified atom stereocenters. The predicted molar refractivity (Wildman–Crippen MR) is 62.1 cm³/mol. The quantitative estimate of drug-likeness (QED) is 0.604. The normalized spacial score (nSPS) is 14.2. The monoisotopic (exact) mass is 218 g/mol. The van der Waals surface area contributed by atoms with E-state index < -0.39 is 0 Å². The summed E-state index contributed by atoms with van der Waals surface area (Å²) in [5, 5.41) is 9.31. The number of aliphatic hydroxyl groups is 1. The van der Waals surface area contributed by atoms with Crippen LogP contribution in [0.25, 0.3) is 0 Å². The Morgan fingerprint density at radius 2 is 1.93 bits per heavy atom. The molecule has 0 fully saturated rings. The molecule has 0 rings (SSSR count). The molecule has 92 valence electrons. The van der Waals surface area contributed by atoms with Gasteiger partial charge in [-0.05, 0) is 39.5 Å². The lowest BCUT2D eigenvalue weighted by molar-refractivity contribution is -0.0110. The summed E-state index contributed by atoms with van der Waals surface area (Å²) in [6, 6.07) is 0. The van der Waals surface area contributed by atoms with Crippen molar-refractivity contribution in [1.82, 2.24) is 0 Å². The highest BCUT2D eigenvalue weighted by atomic mass is 16.5. The van der Waals surface area contributed by atoms with Crippen molar-refractivity contribution in [2.24, 2.45) is 0 Å². The van der Waals surface area contributed by atoms with Crippen LogP contribution in [0.1, 0.15) is 46.5 Å². The highest BCUT2D eigenvalue weighted by molar-refractivity contribution is 4.66. The van der Waals surface area contributed by atoms with Crippen LogP contribution in [-0.2, 0) is 9.47 Å². The number of hydrogen-bond acceptors (Lipinski definition) is 3. The van der Waals surface area contributed by atoms with E-state index in [1.165, 1.54) is 0 Å². The second-order valence-corrected chi connectivity index (χ2v) is 4.53. The molecule has 0 spiro atoms. The predicted octanol–water partition coefficient (Wildman–Crippen LogP) is 2.37. The molecule has 1 atom stereocenters. The Morgan fingerprint density at radius 1 is 1.27 bits per heavy atom. The largest absolute Gasteiger partial charge is 0.393 e. The average molecular weight is 218 g/mol. The molecule has 0 saturated heterocycles. The molecular formula is C12H26O3. The Labute approximate surface area is 93.8 Å². The summed E-state index contributed by atoms with van der Waals surface area (Å²) in [6.07, 6.45) is 3.34. The van der Waals surface area contributed by atoms with Crippen molar-refractivity contribution in [3.8, 4) is 0 Å². The molecule has 0 saturated carbocycles. The minimum absolute atomic E-state index is 0.0943. The Morgan fingerprint density at radius 3 is 2.47 bits per heavy atom. The molecule has 0 bridgehead atoms. The Bertz CT molecular complexity index is 146. The van der Waals surface area contributed by atoms with E-state index in [0.717, 1.165) is 38.9 Å². The standard InChI is InChI=1S/C12H26O3/c1-5-11(13)7-6-9-15-10-8-12(2,3)14-4/h11,13H,5-10H2,1-4H3. The third kappa shape index (κ3) is 8.85. The maximum atomic E-state index is 9.31. The van der Waals surface area contributed by atoms with E-state index in [4.69, 9.17) is 9.47 Å². The lowest BCUT2D eigenvalue weighted by Gasteiger charge is -2.22.